The van der Waals surface area contributed by atoms with Crippen molar-refractivity contribution in [3.63, 3.8) is 0 Å². The van der Waals surface area contributed by atoms with Gasteiger partial charge in [0.2, 0.25) is 5.91 Å². The molecule has 1 aliphatic heterocycles. The predicted octanol–water partition coefficient (Wildman–Crippen LogP) is 5.63. The first kappa shape index (κ1) is 28.7. The second-order valence-electron chi connectivity index (χ2n) is 9.35. The van der Waals surface area contributed by atoms with Gasteiger partial charge in [0.1, 0.15) is 11.1 Å². The third-order valence-corrected chi connectivity index (χ3v) is 7.47. The summed E-state index contributed by atoms with van der Waals surface area (Å²) >= 11 is 12.6. The van der Waals surface area contributed by atoms with Crippen molar-refractivity contribution < 1.29 is 14.3 Å². The Labute approximate surface area is 240 Å². The lowest BCUT2D eigenvalue weighted by molar-refractivity contribution is -0.132. The molecule has 3 aromatic rings. The minimum atomic E-state index is -0.682. The van der Waals surface area contributed by atoms with Gasteiger partial charge in [0.25, 0.3) is 5.91 Å². The van der Waals surface area contributed by atoms with Crippen LogP contribution in [0.15, 0.2) is 84.9 Å². The van der Waals surface area contributed by atoms with Gasteiger partial charge >= 0.3 is 0 Å². The zero-order valence-electron chi connectivity index (χ0n) is 22.0. The zero-order chi connectivity index (χ0) is 27.6. The second-order valence-corrected chi connectivity index (χ2v) is 10.2. The molecule has 0 N–H and O–H groups in total. The Morgan fingerprint density at radius 3 is 2.41 bits per heavy atom. The van der Waals surface area contributed by atoms with E-state index in [4.69, 9.17) is 27.9 Å². The molecule has 1 aliphatic rings. The number of hydrogen-bond acceptors (Lipinski definition) is 4. The molecule has 1 fully saturated rings. The molecular weight excluding hydrogens is 533 g/mol. The average molecular weight is 567 g/mol. The molecule has 4 rings (SSSR count). The number of piperazine rings is 1. The Balaban J connectivity index is 1.36. The van der Waals surface area contributed by atoms with Gasteiger partial charge in [-0.2, -0.15) is 0 Å². The summed E-state index contributed by atoms with van der Waals surface area (Å²) in [6, 6.07) is 24.2. The molecule has 0 spiro atoms. The number of para-hydroxylation sites is 1. The monoisotopic (exact) mass is 565 g/mol. The van der Waals surface area contributed by atoms with Crippen molar-refractivity contribution in [1.29, 1.82) is 0 Å². The number of nitrogens with zero attached hydrogens (tertiary/aromatic N) is 3. The van der Waals surface area contributed by atoms with Gasteiger partial charge in [0, 0.05) is 62.0 Å². The van der Waals surface area contributed by atoms with Crippen molar-refractivity contribution in [2.24, 2.45) is 0 Å². The first-order valence-electron chi connectivity index (χ1n) is 13.0. The predicted molar refractivity (Wildman–Crippen MR) is 157 cm³/mol. The quantitative estimate of drug-likeness (QED) is 0.299. The van der Waals surface area contributed by atoms with Crippen molar-refractivity contribution in [2.75, 3.05) is 52.9 Å². The third kappa shape index (κ3) is 7.85. The summed E-state index contributed by atoms with van der Waals surface area (Å²) in [5.74, 6) is 0.630. The lowest BCUT2D eigenvalue weighted by atomic mass is 10.1. The Morgan fingerprint density at radius 1 is 0.974 bits per heavy atom. The van der Waals surface area contributed by atoms with E-state index in [1.807, 2.05) is 76.5 Å². The number of carbonyl (C=O) groups excluding carboxylic acids is 2. The first-order chi connectivity index (χ1) is 19.0. The van der Waals surface area contributed by atoms with Gasteiger partial charge in [-0.3, -0.25) is 14.5 Å². The third-order valence-electron chi connectivity index (χ3n) is 6.80. The standard InChI is InChI=1S/C31H33Cl2N3O3/c1-39-28-15-6-5-9-24(28)13-8-16-35(30(37)26-12-7-14-27(32)23-26)20-17-34-18-21-36(22-19-34)31(38)29(33)25-10-3-2-4-11-25/h2-15,23,29H,16-22H2,1H3/b13-8+. The van der Waals surface area contributed by atoms with Crippen LogP contribution < -0.4 is 4.74 Å². The molecular formula is C31H33Cl2N3O3. The highest BCUT2D eigenvalue weighted by molar-refractivity contribution is 6.31. The average Bonchev–Trinajstić information content (AvgIpc) is 2.98. The minimum absolute atomic E-state index is 0.0678. The maximum atomic E-state index is 13.4. The Morgan fingerprint density at radius 2 is 1.69 bits per heavy atom. The number of hydrogen-bond donors (Lipinski definition) is 0. The molecule has 2 amide bonds. The molecule has 0 bridgehead atoms. The van der Waals surface area contributed by atoms with Crippen LogP contribution in [0.5, 0.6) is 5.75 Å². The van der Waals surface area contributed by atoms with E-state index in [0.717, 1.165) is 30.0 Å². The van der Waals surface area contributed by atoms with E-state index in [2.05, 4.69) is 4.90 Å². The fourth-order valence-corrected chi connectivity index (χ4v) is 5.04. The number of ether oxygens (including phenoxy) is 1. The second kappa shape index (κ2) is 14.2. The van der Waals surface area contributed by atoms with Crippen LogP contribution in [-0.2, 0) is 4.79 Å². The number of amides is 2. The van der Waals surface area contributed by atoms with Crippen LogP contribution in [0.4, 0.5) is 0 Å². The van der Waals surface area contributed by atoms with E-state index in [1.165, 1.54) is 0 Å². The summed E-state index contributed by atoms with van der Waals surface area (Å²) in [6.45, 7) is 4.32. The van der Waals surface area contributed by atoms with E-state index in [9.17, 15) is 9.59 Å². The topological polar surface area (TPSA) is 53.1 Å². The molecule has 8 heteroatoms. The molecule has 0 aliphatic carbocycles. The summed E-state index contributed by atoms with van der Waals surface area (Å²) in [4.78, 5) is 32.2. The van der Waals surface area contributed by atoms with Crippen LogP contribution in [0.3, 0.4) is 0 Å². The van der Waals surface area contributed by atoms with E-state index >= 15 is 0 Å². The number of methoxy groups -OCH3 is 1. The summed E-state index contributed by atoms with van der Waals surface area (Å²) in [5.41, 5.74) is 2.31. The summed E-state index contributed by atoms with van der Waals surface area (Å²) < 4.78 is 5.44. The highest BCUT2D eigenvalue weighted by Gasteiger charge is 2.27. The van der Waals surface area contributed by atoms with Crippen molar-refractivity contribution in [1.82, 2.24) is 14.7 Å². The van der Waals surface area contributed by atoms with Gasteiger partial charge in [-0.15, -0.1) is 11.6 Å². The van der Waals surface area contributed by atoms with Gasteiger partial charge in [0.05, 0.1) is 7.11 Å². The van der Waals surface area contributed by atoms with Crippen molar-refractivity contribution in [3.05, 3.63) is 107 Å². The lowest BCUT2D eigenvalue weighted by Crippen LogP contribution is -2.51. The van der Waals surface area contributed by atoms with Gasteiger partial charge in [-0.25, -0.2) is 0 Å². The zero-order valence-corrected chi connectivity index (χ0v) is 23.5. The van der Waals surface area contributed by atoms with E-state index in [0.29, 0.717) is 43.3 Å². The highest BCUT2D eigenvalue weighted by Crippen LogP contribution is 2.23. The smallest absolute Gasteiger partial charge is 0.254 e. The maximum absolute atomic E-state index is 13.4. The minimum Gasteiger partial charge on any atom is -0.496 e. The summed E-state index contributed by atoms with van der Waals surface area (Å²) in [5, 5.41) is -0.155. The molecule has 0 aromatic heterocycles. The molecule has 1 heterocycles. The molecule has 0 saturated carbocycles. The van der Waals surface area contributed by atoms with Crippen LogP contribution in [0.25, 0.3) is 6.08 Å². The molecule has 6 nitrogen and oxygen atoms in total. The molecule has 0 radical (unpaired) electrons. The normalized spacial score (nSPS) is 14.8. The fraction of sp³-hybridized carbons (Fsp3) is 0.290. The Hall–Kier alpha value is -3.32. The van der Waals surface area contributed by atoms with Crippen LogP contribution in [0.2, 0.25) is 5.02 Å². The maximum Gasteiger partial charge on any atom is 0.254 e. The van der Waals surface area contributed by atoms with Crippen LogP contribution in [0.1, 0.15) is 26.9 Å². The highest BCUT2D eigenvalue weighted by atomic mass is 35.5. The van der Waals surface area contributed by atoms with E-state index in [1.54, 1.807) is 31.4 Å². The van der Waals surface area contributed by atoms with Crippen LogP contribution in [0, 0.1) is 0 Å². The fourth-order valence-electron chi connectivity index (χ4n) is 4.57. The van der Waals surface area contributed by atoms with Gasteiger partial charge in [-0.1, -0.05) is 78.4 Å². The molecule has 204 valence electrons. The molecule has 3 aromatic carbocycles. The van der Waals surface area contributed by atoms with Crippen LogP contribution in [-0.4, -0.2) is 79.4 Å². The van der Waals surface area contributed by atoms with E-state index in [-0.39, 0.29) is 11.8 Å². The largest absolute Gasteiger partial charge is 0.496 e. The number of halogens is 2. The SMILES string of the molecule is COc1ccccc1/C=C/CN(CCN1CCN(C(=O)C(Cl)c2ccccc2)CC1)C(=O)c1cccc(Cl)c1. The number of rotatable bonds is 10. The molecule has 1 atom stereocenters. The van der Waals surface area contributed by atoms with Crippen molar-refractivity contribution in [3.8, 4) is 5.75 Å². The molecule has 39 heavy (non-hydrogen) atoms. The van der Waals surface area contributed by atoms with Crippen LogP contribution >= 0.6 is 23.2 Å². The van der Waals surface area contributed by atoms with E-state index < -0.39 is 5.38 Å². The van der Waals surface area contributed by atoms with Crippen molar-refractivity contribution in [2.45, 2.75) is 5.38 Å². The van der Waals surface area contributed by atoms with Gasteiger partial charge in [0.15, 0.2) is 0 Å². The van der Waals surface area contributed by atoms with Gasteiger partial charge in [-0.05, 0) is 29.8 Å². The Kier molecular flexibility index (Phi) is 10.4. The lowest BCUT2D eigenvalue weighted by Gasteiger charge is -2.36. The first-order valence-corrected chi connectivity index (χ1v) is 13.8. The molecule has 1 unspecified atom stereocenters. The number of alkyl halides is 1. The number of carbonyl (C=O) groups is 2. The van der Waals surface area contributed by atoms with Crippen molar-refractivity contribution >= 4 is 41.1 Å². The Bertz CT molecular complexity index is 1280. The summed E-state index contributed by atoms with van der Waals surface area (Å²) in [6.07, 6.45) is 3.94. The number of benzene rings is 3. The van der Waals surface area contributed by atoms with Gasteiger partial charge < -0.3 is 14.5 Å². The summed E-state index contributed by atoms with van der Waals surface area (Å²) in [7, 11) is 1.64. The molecule has 1 saturated heterocycles.